The molecule has 1 aromatic carbocycles. The number of nitrogens with one attached hydrogen (secondary N) is 2. The van der Waals surface area contributed by atoms with E-state index in [-0.39, 0.29) is 6.03 Å². The minimum atomic E-state index is -0.150. The van der Waals surface area contributed by atoms with Crippen molar-refractivity contribution in [2.45, 2.75) is 19.3 Å². The van der Waals surface area contributed by atoms with Crippen LogP contribution in [0.1, 0.15) is 19.3 Å². The molecule has 0 aromatic heterocycles. The molecule has 4 N–H and O–H groups in total. The Kier molecular flexibility index (Phi) is 5.24. The zero-order chi connectivity index (χ0) is 14.4. The van der Waals surface area contributed by atoms with Gasteiger partial charge in [-0.1, -0.05) is 0 Å². The number of benzene rings is 1. The Hall–Kier alpha value is -1.75. The second kappa shape index (κ2) is 7.14. The number of hydrogen-bond acceptors (Lipinski definition) is 3. The van der Waals surface area contributed by atoms with Gasteiger partial charge < -0.3 is 21.3 Å². The van der Waals surface area contributed by atoms with Crippen LogP contribution in [-0.4, -0.2) is 37.6 Å². The van der Waals surface area contributed by atoms with Gasteiger partial charge in [0.2, 0.25) is 0 Å². The third kappa shape index (κ3) is 4.74. The maximum absolute atomic E-state index is 11.7. The number of likely N-dealkylation sites (tertiary alicyclic amines) is 1. The van der Waals surface area contributed by atoms with E-state index < -0.39 is 0 Å². The van der Waals surface area contributed by atoms with Crippen LogP contribution >= 0.6 is 0 Å². The lowest BCUT2D eigenvalue weighted by Crippen LogP contribution is -2.34. The Balaban J connectivity index is 1.64. The number of rotatable bonds is 4. The minimum Gasteiger partial charge on any atom is -0.399 e. The summed E-state index contributed by atoms with van der Waals surface area (Å²) in [7, 11) is 2.16. The number of amides is 2. The molecular formula is C15H24N4O. The van der Waals surface area contributed by atoms with E-state index >= 15 is 0 Å². The molecule has 1 aromatic rings. The number of anilines is 2. The first-order chi connectivity index (χ1) is 9.63. The van der Waals surface area contributed by atoms with Gasteiger partial charge in [0, 0.05) is 17.9 Å². The smallest absolute Gasteiger partial charge is 0.319 e. The lowest BCUT2D eigenvalue weighted by Gasteiger charge is -2.28. The zero-order valence-electron chi connectivity index (χ0n) is 12.1. The molecule has 0 radical (unpaired) electrons. The normalized spacial score (nSPS) is 16.9. The van der Waals surface area contributed by atoms with E-state index in [0.717, 1.165) is 24.6 Å². The highest BCUT2D eigenvalue weighted by molar-refractivity contribution is 5.89. The largest absolute Gasteiger partial charge is 0.399 e. The fourth-order valence-corrected chi connectivity index (χ4v) is 2.48. The Morgan fingerprint density at radius 3 is 2.60 bits per heavy atom. The Morgan fingerprint density at radius 1 is 1.30 bits per heavy atom. The van der Waals surface area contributed by atoms with Crippen LogP contribution in [-0.2, 0) is 0 Å². The van der Waals surface area contributed by atoms with Gasteiger partial charge >= 0.3 is 6.03 Å². The van der Waals surface area contributed by atoms with Crippen LogP contribution < -0.4 is 16.4 Å². The lowest BCUT2D eigenvalue weighted by atomic mass is 9.94. The number of carbonyl (C=O) groups is 1. The van der Waals surface area contributed by atoms with Crippen molar-refractivity contribution in [3.8, 4) is 0 Å². The summed E-state index contributed by atoms with van der Waals surface area (Å²) in [6, 6.07) is 6.99. The van der Waals surface area contributed by atoms with Crippen molar-refractivity contribution in [2.24, 2.45) is 5.92 Å². The molecule has 1 saturated heterocycles. The van der Waals surface area contributed by atoms with Crippen LogP contribution in [0.3, 0.4) is 0 Å². The van der Waals surface area contributed by atoms with Crippen LogP contribution in [0.4, 0.5) is 16.2 Å². The van der Waals surface area contributed by atoms with Gasteiger partial charge in [-0.05, 0) is 69.6 Å². The van der Waals surface area contributed by atoms with E-state index in [4.69, 9.17) is 5.73 Å². The van der Waals surface area contributed by atoms with Gasteiger partial charge in [-0.3, -0.25) is 0 Å². The topological polar surface area (TPSA) is 70.4 Å². The molecule has 5 nitrogen and oxygen atoms in total. The van der Waals surface area contributed by atoms with Crippen LogP contribution in [0.25, 0.3) is 0 Å². The van der Waals surface area contributed by atoms with Crippen molar-refractivity contribution in [3.05, 3.63) is 24.3 Å². The van der Waals surface area contributed by atoms with E-state index in [1.54, 1.807) is 24.3 Å². The molecule has 2 rings (SSSR count). The Morgan fingerprint density at radius 2 is 1.95 bits per heavy atom. The number of nitrogen functional groups attached to an aromatic ring is 1. The summed E-state index contributed by atoms with van der Waals surface area (Å²) in [6.45, 7) is 3.07. The van der Waals surface area contributed by atoms with Crippen LogP contribution in [0.15, 0.2) is 24.3 Å². The third-order valence-corrected chi connectivity index (χ3v) is 3.84. The van der Waals surface area contributed by atoms with Gasteiger partial charge in [0.15, 0.2) is 0 Å². The van der Waals surface area contributed by atoms with Gasteiger partial charge in [0.25, 0.3) is 0 Å². The highest BCUT2D eigenvalue weighted by atomic mass is 16.2. The summed E-state index contributed by atoms with van der Waals surface area (Å²) in [6.07, 6.45) is 3.53. The third-order valence-electron chi connectivity index (χ3n) is 3.84. The standard InChI is InChI=1S/C15H24N4O/c1-19-10-7-12(8-11-19)6-9-17-15(20)18-14-4-2-13(16)3-5-14/h2-5,12H,6-11,16H2,1H3,(H2,17,18,20). The fourth-order valence-electron chi connectivity index (χ4n) is 2.48. The average Bonchev–Trinajstić information content (AvgIpc) is 2.44. The van der Waals surface area contributed by atoms with Gasteiger partial charge in [-0.15, -0.1) is 0 Å². The maximum Gasteiger partial charge on any atom is 0.319 e. The van der Waals surface area contributed by atoms with Crippen molar-refractivity contribution >= 4 is 17.4 Å². The van der Waals surface area contributed by atoms with Crippen LogP contribution in [0.5, 0.6) is 0 Å². The first-order valence-corrected chi connectivity index (χ1v) is 7.22. The first kappa shape index (κ1) is 14.7. The molecule has 2 amide bonds. The van der Waals surface area contributed by atoms with Crippen molar-refractivity contribution in [2.75, 3.05) is 37.7 Å². The van der Waals surface area contributed by atoms with E-state index in [1.807, 2.05) is 0 Å². The van der Waals surface area contributed by atoms with Crippen molar-refractivity contribution in [3.63, 3.8) is 0 Å². The summed E-state index contributed by atoms with van der Waals surface area (Å²) < 4.78 is 0. The van der Waals surface area contributed by atoms with E-state index in [0.29, 0.717) is 5.69 Å². The molecular weight excluding hydrogens is 252 g/mol. The quantitative estimate of drug-likeness (QED) is 0.738. The molecule has 1 fully saturated rings. The molecule has 1 aliphatic rings. The summed E-state index contributed by atoms with van der Waals surface area (Å²) in [5, 5.41) is 5.71. The summed E-state index contributed by atoms with van der Waals surface area (Å²) in [4.78, 5) is 14.1. The average molecular weight is 276 g/mol. The molecule has 1 aliphatic heterocycles. The number of urea groups is 1. The van der Waals surface area contributed by atoms with E-state index in [1.165, 1.54) is 25.9 Å². The van der Waals surface area contributed by atoms with Crippen LogP contribution in [0.2, 0.25) is 0 Å². The number of hydrogen-bond donors (Lipinski definition) is 3. The number of nitrogens with two attached hydrogens (primary N) is 1. The predicted molar refractivity (Wildman–Crippen MR) is 82.7 cm³/mol. The van der Waals surface area contributed by atoms with Gasteiger partial charge in [0.05, 0.1) is 0 Å². The number of carbonyl (C=O) groups excluding carboxylic acids is 1. The molecule has 0 spiro atoms. The molecule has 20 heavy (non-hydrogen) atoms. The van der Waals surface area contributed by atoms with Gasteiger partial charge in [-0.25, -0.2) is 4.79 Å². The molecule has 0 unspecified atom stereocenters. The molecule has 5 heteroatoms. The summed E-state index contributed by atoms with van der Waals surface area (Å²) >= 11 is 0. The van der Waals surface area contributed by atoms with Crippen molar-refractivity contribution in [1.82, 2.24) is 10.2 Å². The molecule has 0 aliphatic carbocycles. The highest BCUT2D eigenvalue weighted by Crippen LogP contribution is 2.18. The highest BCUT2D eigenvalue weighted by Gasteiger charge is 2.16. The van der Waals surface area contributed by atoms with Crippen molar-refractivity contribution in [1.29, 1.82) is 0 Å². The SMILES string of the molecule is CN1CCC(CCNC(=O)Nc2ccc(N)cc2)CC1. The minimum absolute atomic E-state index is 0.150. The molecule has 0 atom stereocenters. The predicted octanol–water partition coefficient (Wildman–Crippen LogP) is 2.12. The van der Waals surface area contributed by atoms with E-state index in [2.05, 4.69) is 22.6 Å². The van der Waals surface area contributed by atoms with Crippen LogP contribution in [0, 0.1) is 5.92 Å². The van der Waals surface area contributed by atoms with E-state index in [9.17, 15) is 4.79 Å². The number of piperidine rings is 1. The maximum atomic E-state index is 11.7. The summed E-state index contributed by atoms with van der Waals surface area (Å²) in [5.74, 6) is 0.739. The Labute approximate surface area is 120 Å². The first-order valence-electron chi connectivity index (χ1n) is 7.22. The van der Waals surface area contributed by atoms with Gasteiger partial charge in [0.1, 0.15) is 0 Å². The molecule has 110 valence electrons. The molecule has 0 bridgehead atoms. The monoisotopic (exact) mass is 276 g/mol. The molecule has 1 heterocycles. The lowest BCUT2D eigenvalue weighted by molar-refractivity contribution is 0.211. The fraction of sp³-hybridized carbons (Fsp3) is 0.533. The zero-order valence-corrected chi connectivity index (χ0v) is 12.1. The van der Waals surface area contributed by atoms with Gasteiger partial charge in [-0.2, -0.15) is 0 Å². The number of nitrogens with zero attached hydrogens (tertiary/aromatic N) is 1. The second-order valence-corrected chi connectivity index (χ2v) is 5.54. The Bertz CT molecular complexity index is 424. The molecule has 0 saturated carbocycles. The second-order valence-electron chi connectivity index (χ2n) is 5.54. The van der Waals surface area contributed by atoms with Crippen molar-refractivity contribution < 1.29 is 4.79 Å². The summed E-state index contributed by atoms with van der Waals surface area (Å²) in [5.41, 5.74) is 7.05.